The number of benzene rings is 2. The number of amides is 1. The third-order valence-electron chi connectivity index (χ3n) is 7.26. The fourth-order valence-corrected chi connectivity index (χ4v) is 6.57. The lowest BCUT2D eigenvalue weighted by Gasteiger charge is -2.37. The Bertz CT molecular complexity index is 1200. The minimum atomic E-state index is -3.91. The summed E-state index contributed by atoms with van der Waals surface area (Å²) in [5.41, 5.74) is 1.15. The van der Waals surface area contributed by atoms with Crippen molar-refractivity contribution >= 4 is 21.6 Å². The van der Waals surface area contributed by atoms with E-state index in [2.05, 4.69) is 10.0 Å². The molecule has 194 valence electrons. The first-order valence-electron chi connectivity index (χ1n) is 12.5. The maximum atomic E-state index is 13.2. The molecule has 5 rings (SSSR count). The summed E-state index contributed by atoms with van der Waals surface area (Å²) < 4.78 is 53.4. The van der Waals surface area contributed by atoms with Gasteiger partial charge in [-0.25, -0.2) is 12.8 Å². The van der Waals surface area contributed by atoms with E-state index in [1.165, 1.54) is 18.6 Å². The second-order valence-corrected chi connectivity index (χ2v) is 11.5. The first kappa shape index (κ1) is 25.0. The zero-order valence-corrected chi connectivity index (χ0v) is 20.7. The third-order valence-corrected chi connectivity index (χ3v) is 8.66. The highest BCUT2D eigenvalue weighted by atomic mass is 32.2. The van der Waals surface area contributed by atoms with Crippen molar-refractivity contribution in [3.8, 4) is 5.75 Å². The maximum absolute atomic E-state index is 13.2. The van der Waals surface area contributed by atoms with E-state index >= 15 is 0 Å². The van der Waals surface area contributed by atoms with Gasteiger partial charge in [0.1, 0.15) is 23.8 Å². The summed E-state index contributed by atoms with van der Waals surface area (Å²) in [5.74, 6) is -0.130. The number of sulfonamides is 1. The molecule has 36 heavy (non-hydrogen) atoms. The average Bonchev–Trinajstić information content (AvgIpc) is 3.22. The van der Waals surface area contributed by atoms with E-state index in [1.54, 1.807) is 18.2 Å². The highest BCUT2D eigenvalue weighted by molar-refractivity contribution is 7.92. The number of aliphatic hydroxyl groups excluding tert-OH is 1. The zero-order chi connectivity index (χ0) is 25.3. The van der Waals surface area contributed by atoms with E-state index in [4.69, 9.17) is 9.47 Å². The molecular formula is C26H31FN2O6S. The van der Waals surface area contributed by atoms with Crippen LogP contribution in [0.3, 0.4) is 0 Å². The van der Waals surface area contributed by atoms with Gasteiger partial charge in [0.25, 0.3) is 10.0 Å². The summed E-state index contributed by atoms with van der Waals surface area (Å²) in [6.07, 6.45) is 4.77. The number of halogens is 1. The van der Waals surface area contributed by atoms with E-state index in [0.717, 1.165) is 43.4 Å². The number of rotatable bonds is 7. The van der Waals surface area contributed by atoms with Crippen LogP contribution in [0, 0.1) is 5.82 Å². The van der Waals surface area contributed by atoms with Gasteiger partial charge in [0.05, 0.1) is 24.0 Å². The number of fused-ring (bicyclic) bond motifs is 3. The van der Waals surface area contributed by atoms with Crippen molar-refractivity contribution in [1.29, 1.82) is 0 Å². The molecule has 1 saturated carbocycles. The Balaban J connectivity index is 1.30. The first-order valence-corrected chi connectivity index (χ1v) is 14.0. The summed E-state index contributed by atoms with van der Waals surface area (Å²) in [7, 11) is -3.91. The minimum absolute atomic E-state index is 0.0472. The van der Waals surface area contributed by atoms with Crippen molar-refractivity contribution in [2.45, 2.75) is 80.1 Å². The molecular weight excluding hydrogens is 487 g/mol. The van der Waals surface area contributed by atoms with Crippen molar-refractivity contribution in [2.24, 2.45) is 0 Å². The molecule has 0 bridgehead atoms. The van der Waals surface area contributed by atoms with Crippen LogP contribution in [-0.4, -0.2) is 50.4 Å². The van der Waals surface area contributed by atoms with E-state index in [1.807, 2.05) is 0 Å². The van der Waals surface area contributed by atoms with E-state index < -0.39 is 28.0 Å². The molecule has 0 aromatic heterocycles. The van der Waals surface area contributed by atoms with Crippen LogP contribution in [0.2, 0.25) is 0 Å². The molecule has 1 aliphatic carbocycles. The van der Waals surface area contributed by atoms with Crippen LogP contribution in [0.1, 0.15) is 56.4 Å². The normalized spacial score (nSPS) is 25.9. The van der Waals surface area contributed by atoms with E-state index in [0.29, 0.717) is 17.9 Å². The average molecular weight is 519 g/mol. The molecule has 2 aliphatic heterocycles. The molecule has 0 spiro atoms. The number of nitrogens with one attached hydrogen (secondary N) is 2. The minimum Gasteiger partial charge on any atom is -0.487 e. The maximum Gasteiger partial charge on any atom is 0.261 e. The summed E-state index contributed by atoms with van der Waals surface area (Å²) >= 11 is 0. The Morgan fingerprint density at radius 3 is 2.56 bits per heavy atom. The molecule has 4 atom stereocenters. The smallest absolute Gasteiger partial charge is 0.261 e. The molecule has 2 heterocycles. The molecule has 1 amide bonds. The topological polar surface area (TPSA) is 114 Å². The summed E-state index contributed by atoms with van der Waals surface area (Å²) in [6.45, 7) is -0.250. The summed E-state index contributed by atoms with van der Waals surface area (Å²) in [4.78, 5) is 12.6. The van der Waals surface area contributed by atoms with E-state index in [-0.39, 0.29) is 41.9 Å². The van der Waals surface area contributed by atoms with Crippen molar-refractivity contribution in [1.82, 2.24) is 5.32 Å². The van der Waals surface area contributed by atoms with Crippen molar-refractivity contribution < 1.29 is 32.2 Å². The second kappa shape index (κ2) is 10.4. The standard InChI is InChI=1S/C26H31FN2O6S/c27-16-6-9-20(10-7-16)36(32,33)29-18-8-11-23-21(12-18)22-13-19(34-24(15-30)26(22)35-23)14-25(31)28-17-4-2-1-3-5-17/h6-12,17,19,22,24,26,29-30H,1-5,13-15H2,(H,28,31)/t19-,22+,24+,26-/m0/s1. The molecule has 2 aromatic rings. The van der Waals surface area contributed by atoms with Gasteiger partial charge in [-0.3, -0.25) is 9.52 Å². The van der Waals surface area contributed by atoms with Crippen LogP contribution < -0.4 is 14.8 Å². The van der Waals surface area contributed by atoms with Crippen LogP contribution in [0.4, 0.5) is 10.1 Å². The Hall–Kier alpha value is -2.69. The third kappa shape index (κ3) is 5.35. The molecule has 0 unspecified atom stereocenters. The van der Waals surface area contributed by atoms with Gasteiger partial charge in [0.15, 0.2) is 0 Å². The summed E-state index contributed by atoms with van der Waals surface area (Å²) in [6, 6.07) is 9.82. The second-order valence-electron chi connectivity index (χ2n) is 9.82. The van der Waals surface area contributed by atoms with Crippen LogP contribution in [0.25, 0.3) is 0 Å². The SMILES string of the molecule is O=C(C[C@@H]1C[C@@H]2c3cc(NS(=O)(=O)c4ccc(F)cc4)ccc3O[C@@H]2[C@@H](CO)O1)NC1CCCCC1. The molecule has 3 aliphatic rings. The van der Waals surface area contributed by atoms with Gasteiger partial charge in [0.2, 0.25) is 5.91 Å². The molecule has 0 radical (unpaired) electrons. The van der Waals surface area contributed by atoms with Crippen LogP contribution >= 0.6 is 0 Å². The number of ether oxygens (including phenoxy) is 2. The Morgan fingerprint density at radius 1 is 1.08 bits per heavy atom. The number of aliphatic hydroxyl groups is 1. The molecule has 2 fully saturated rings. The fraction of sp³-hybridized carbons (Fsp3) is 0.500. The highest BCUT2D eigenvalue weighted by Gasteiger charge is 2.46. The predicted octanol–water partition coefficient (Wildman–Crippen LogP) is 3.46. The van der Waals surface area contributed by atoms with Crippen molar-refractivity contribution in [2.75, 3.05) is 11.3 Å². The fourth-order valence-electron chi connectivity index (χ4n) is 5.52. The quantitative estimate of drug-likeness (QED) is 0.517. The molecule has 10 heteroatoms. The monoisotopic (exact) mass is 518 g/mol. The van der Waals surface area contributed by atoms with Gasteiger partial charge in [0, 0.05) is 23.2 Å². The van der Waals surface area contributed by atoms with Gasteiger partial charge >= 0.3 is 0 Å². The number of carbonyl (C=O) groups excluding carboxylic acids is 1. The predicted molar refractivity (Wildman–Crippen MR) is 131 cm³/mol. The van der Waals surface area contributed by atoms with E-state index in [9.17, 15) is 22.7 Å². The van der Waals surface area contributed by atoms with Crippen LogP contribution in [-0.2, 0) is 19.6 Å². The Morgan fingerprint density at radius 2 is 1.83 bits per heavy atom. The van der Waals surface area contributed by atoms with Crippen molar-refractivity contribution in [3.63, 3.8) is 0 Å². The number of hydrogen-bond donors (Lipinski definition) is 3. The lowest BCUT2D eigenvalue weighted by atomic mass is 9.84. The number of carbonyl (C=O) groups is 1. The number of hydrogen-bond acceptors (Lipinski definition) is 6. The molecule has 2 aromatic carbocycles. The first-order chi connectivity index (χ1) is 17.3. The molecule has 3 N–H and O–H groups in total. The zero-order valence-electron chi connectivity index (χ0n) is 19.9. The number of anilines is 1. The lowest BCUT2D eigenvalue weighted by molar-refractivity contribution is -0.142. The van der Waals surface area contributed by atoms with Gasteiger partial charge in [-0.15, -0.1) is 0 Å². The van der Waals surface area contributed by atoms with Gasteiger partial charge in [-0.1, -0.05) is 19.3 Å². The molecule has 8 nitrogen and oxygen atoms in total. The summed E-state index contributed by atoms with van der Waals surface area (Å²) in [5, 5.41) is 13.1. The Kier molecular flexibility index (Phi) is 7.18. The van der Waals surface area contributed by atoms with Gasteiger partial charge < -0.3 is 19.9 Å². The highest BCUT2D eigenvalue weighted by Crippen LogP contribution is 2.47. The Labute approximate surface area is 210 Å². The van der Waals surface area contributed by atoms with Gasteiger partial charge in [-0.05, 0) is 61.7 Å². The molecule has 1 saturated heterocycles. The van der Waals surface area contributed by atoms with Crippen molar-refractivity contribution in [3.05, 3.63) is 53.8 Å². The van der Waals surface area contributed by atoms with Crippen LogP contribution in [0.15, 0.2) is 47.4 Å². The lowest BCUT2D eigenvalue weighted by Crippen LogP contribution is -2.48. The van der Waals surface area contributed by atoms with Gasteiger partial charge in [-0.2, -0.15) is 0 Å². The largest absolute Gasteiger partial charge is 0.487 e. The van der Waals surface area contributed by atoms with Crippen LogP contribution in [0.5, 0.6) is 5.75 Å².